The molecule has 6 heteroatoms. The van der Waals surface area contributed by atoms with Crippen molar-refractivity contribution in [1.29, 1.82) is 0 Å². The zero-order valence-electron chi connectivity index (χ0n) is 13.3. The SMILES string of the molecule is COCC(NC(=O)NCC(C)(O)c1ccsc1)c1ccccc1. The second-order valence-electron chi connectivity index (χ2n) is 5.53. The zero-order valence-corrected chi connectivity index (χ0v) is 14.1. The largest absolute Gasteiger partial charge is 0.384 e. The van der Waals surface area contributed by atoms with Gasteiger partial charge in [-0.3, -0.25) is 0 Å². The Morgan fingerprint density at radius 2 is 2.09 bits per heavy atom. The number of nitrogens with one attached hydrogen (secondary N) is 2. The van der Waals surface area contributed by atoms with E-state index in [1.807, 2.05) is 47.2 Å². The van der Waals surface area contributed by atoms with E-state index in [0.717, 1.165) is 11.1 Å². The first-order valence-electron chi connectivity index (χ1n) is 7.36. The van der Waals surface area contributed by atoms with E-state index in [1.165, 1.54) is 11.3 Å². The number of benzene rings is 1. The Balaban J connectivity index is 1.92. The molecule has 1 aromatic heterocycles. The van der Waals surface area contributed by atoms with E-state index in [9.17, 15) is 9.90 Å². The van der Waals surface area contributed by atoms with E-state index in [1.54, 1.807) is 14.0 Å². The molecule has 2 amide bonds. The van der Waals surface area contributed by atoms with E-state index < -0.39 is 5.60 Å². The molecule has 1 aromatic carbocycles. The second-order valence-corrected chi connectivity index (χ2v) is 6.31. The highest BCUT2D eigenvalue weighted by Crippen LogP contribution is 2.22. The monoisotopic (exact) mass is 334 g/mol. The summed E-state index contributed by atoms with van der Waals surface area (Å²) in [4.78, 5) is 12.1. The molecule has 0 aliphatic rings. The van der Waals surface area contributed by atoms with E-state index in [0.29, 0.717) is 6.61 Å². The molecule has 0 aliphatic heterocycles. The summed E-state index contributed by atoms with van der Waals surface area (Å²) in [5, 5.41) is 19.8. The summed E-state index contributed by atoms with van der Waals surface area (Å²) in [6.45, 7) is 2.18. The minimum atomic E-state index is -1.10. The number of ether oxygens (including phenoxy) is 1. The van der Waals surface area contributed by atoms with Crippen LogP contribution in [0.5, 0.6) is 0 Å². The maximum Gasteiger partial charge on any atom is 0.315 e. The fourth-order valence-corrected chi connectivity index (χ4v) is 2.99. The van der Waals surface area contributed by atoms with Crippen LogP contribution in [0.15, 0.2) is 47.2 Å². The Bertz CT molecular complexity index is 600. The number of methoxy groups -OCH3 is 1. The number of urea groups is 1. The Kier molecular flexibility index (Phi) is 6.15. The highest BCUT2D eigenvalue weighted by atomic mass is 32.1. The van der Waals surface area contributed by atoms with Crippen LogP contribution in [0, 0.1) is 0 Å². The van der Waals surface area contributed by atoms with Crippen molar-refractivity contribution in [3.63, 3.8) is 0 Å². The normalized spacial score (nSPS) is 14.7. The summed E-state index contributed by atoms with van der Waals surface area (Å²) in [7, 11) is 1.59. The maximum atomic E-state index is 12.1. The van der Waals surface area contributed by atoms with Crippen molar-refractivity contribution in [2.45, 2.75) is 18.6 Å². The molecule has 23 heavy (non-hydrogen) atoms. The van der Waals surface area contributed by atoms with E-state index in [4.69, 9.17) is 4.74 Å². The van der Waals surface area contributed by atoms with Gasteiger partial charge in [0, 0.05) is 7.11 Å². The van der Waals surface area contributed by atoms with E-state index in [2.05, 4.69) is 10.6 Å². The summed E-state index contributed by atoms with van der Waals surface area (Å²) in [5.41, 5.74) is 0.661. The minimum Gasteiger partial charge on any atom is -0.384 e. The molecular formula is C17H22N2O3S. The molecule has 2 atom stereocenters. The standard InChI is InChI=1S/C17H22N2O3S/c1-17(21,14-8-9-23-11-14)12-18-16(20)19-15(10-22-2)13-6-4-3-5-7-13/h3-9,11,15,21H,10,12H2,1-2H3,(H2,18,19,20). The predicted octanol–water partition coefficient (Wildman–Crippen LogP) is 2.64. The molecule has 2 rings (SSSR count). The Labute approximate surface area is 140 Å². The number of hydrogen-bond donors (Lipinski definition) is 3. The summed E-state index contributed by atoms with van der Waals surface area (Å²) < 4.78 is 5.17. The highest BCUT2D eigenvalue weighted by molar-refractivity contribution is 7.08. The fourth-order valence-electron chi connectivity index (χ4n) is 2.21. The predicted molar refractivity (Wildman–Crippen MR) is 91.5 cm³/mol. The third-order valence-corrected chi connectivity index (χ3v) is 4.26. The first-order valence-corrected chi connectivity index (χ1v) is 8.30. The maximum absolute atomic E-state index is 12.1. The van der Waals surface area contributed by atoms with Gasteiger partial charge in [-0.15, -0.1) is 0 Å². The van der Waals surface area contributed by atoms with Crippen LogP contribution < -0.4 is 10.6 Å². The van der Waals surface area contributed by atoms with Crippen LogP contribution in [0.2, 0.25) is 0 Å². The molecule has 0 fully saturated rings. The summed E-state index contributed by atoms with van der Waals surface area (Å²) in [6, 6.07) is 10.9. The average molecular weight is 334 g/mol. The molecule has 124 valence electrons. The van der Waals surface area contributed by atoms with Gasteiger partial charge in [-0.25, -0.2) is 4.79 Å². The van der Waals surface area contributed by atoms with Crippen molar-refractivity contribution >= 4 is 17.4 Å². The third-order valence-electron chi connectivity index (χ3n) is 3.58. The molecule has 0 aliphatic carbocycles. The van der Waals surface area contributed by atoms with Crippen LogP contribution in [0.25, 0.3) is 0 Å². The second kappa shape index (κ2) is 8.10. The molecule has 3 N–H and O–H groups in total. The quantitative estimate of drug-likeness (QED) is 0.729. The number of aliphatic hydroxyl groups is 1. The van der Waals surface area contributed by atoms with E-state index in [-0.39, 0.29) is 18.6 Å². The van der Waals surface area contributed by atoms with Gasteiger partial charge in [0.05, 0.1) is 19.2 Å². The van der Waals surface area contributed by atoms with Crippen LogP contribution in [0.1, 0.15) is 24.1 Å². The first kappa shape index (κ1) is 17.5. The van der Waals surface area contributed by atoms with Crippen LogP contribution >= 0.6 is 11.3 Å². The molecule has 1 heterocycles. The van der Waals surface area contributed by atoms with Gasteiger partial charge in [-0.05, 0) is 34.9 Å². The molecule has 0 saturated carbocycles. The highest BCUT2D eigenvalue weighted by Gasteiger charge is 2.24. The van der Waals surface area contributed by atoms with Gasteiger partial charge in [0.2, 0.25) is 0 Å². The smallest absolute Gasteiger partial charge is 0.315 e. The van der Waals surface area contributed by atoms with E-state index >= 15 is 0 Å². The number of rotatable bonds is 7. The van der Waals surface area contributed by atoms with Crippen LogP contribution in [-0.2, 0) is 10.3 Å². The topological polar surface area (TPSA) is 70.6 Å². The van der Waals surface area contributed by atoms with Gasteiger partial charge in [0.25, 0.3) is 0 Å². The molecular weight excluding hydrogens is 312 g/mol. The van der Waals surface area contributed by atoms with Gasteiger partial charge < -0.3 is 20.5 Å². The fraction of sp³-hybridized carbons (Fsp3) is 0.353. The number of thiophene rings is 1. The number of carbonyl (C=O) groups excluding carboxylic acids is 1. The van der Waals surface area contributed by atoms with Crippen LogP contribution in [-0.4, -0.2) is 31.4 Å². The molecule has 0 bridgehead atoms. The van der Waals surface area contributed by atoms with Crippen molar-refractivity contribution in [2.75, 3.05) is 20.3 Å². The lowest BCUT2D eigenvalue weighted by atomic mass is 9.99. The average Bonchev–Trinajstić information content (AvgIpc) is 3.09. The Morgan fingerprint density at radius 3 is 2.70 bits per heavy atom. The van der Waals surface area contributed by atoms with Crippen LogP contribution in [0.4, 0.5) is 4.79 Å². The van der Waals surface area contributed by atoms with Crippen LogP contribution in [0.3, 0.4) is 0 Å². The van der Waals surface area contributed by atoms with Gasteiger partial charge in [-0.1, -0.05) is 30.3 Å². The molecule has 2 aromatic rings. The molecule has 0 saturated heterocycles. The van der Waals surface area contributed by atoms with Crippen molar-refractivity contribution in [3.8, 4) is 0 Å². The van der Waals surface area contributed by atoms with Crippen molar-refractivity contribution < 1.29 is 14.6 Å². The summed E-state index contributed by atoms with van der Waals surface area (Å²) in [6.07, 6.45) is 0. The van der Waals surface area contributed by atoms with Gasteiger partial charge in [0.1, 0.15) is 5.60 Å². The van der Waals surface area contributed by atoms with Crippen molar-refractivity contribution in [3.05, 3.63) is 58.3 Å². The molecule has 2 unspecified atom stereocenters. The minimum absolute atomic E-state index is 0.129. The lowest BCUT2D eigenvalue weighted by Gasteiger charge is -2.24. The molecule has 0 spiro atoms. The number of amides is 2. The molecule has 5 nitrogen and oxygen atoms in total. The van der Waals surface area contributed by atoms with Gasteiger partial charge in [-0.2, -0.15) is 11.3 Å². The Morgan fingerprint density at radius 1 is 1.35 bits per heavy atom. The third kappa shape index (κ3) is 5.06. The summed E-state index contributed by atoms with van der Waals surface area (Å²) in [5.74, 6) is 0. The van der Waals surface area contributed by atoms with Gasteiger partial charge in [0.15, 0.2) is 0 Å². The Hall–Kier alpha value is -1.89. The molecule has 0 radical (unpaired) electrons. The number of carbonyl (C=O) groups is 1. The van der Waals surface area contributed by atoms with Crippen molar-refractivity contribution in [1.82, 2.24) is 10.6 Å². The first-order chi connectivity index (χ1) is 11.0. The zero-order chi connectivity index (χ0) is 16.7. The lowest BCUT2D eigenvalue weighted by molar-refractivity contribution is 0.0595. The lowest BCUT2D eigenvalue weighted by Crippen LogP contribution is -2.45. The summed E-state index contributed by atoms with van der Waals surface area (Å²) >= 11 is 1.51. The number of hydrogen-bond acceptors (Lipinski definition) is 4. The van der Waals surface area contributed by atoms with Gasteiger partial charge >= 0.3 is 6.03 Å². The van der Waals surface area contributed by atoms with Crippen molar-refractivity contribution in [2.24, 2.45) is 0 Å².